The topological polar surface area (TPSA) is 81.2 Å². The first-order valence-electron chi connectivity index (χ1n) is 13.5. The maximum absolute atomic E-state index is 13.6. The third-order valence-electron chi connectivity index (χ3n) is 7.47. The average Bonchev–Trinajstić information content (AvgIpc) is 3.21. The summed E-state index contributed by atoms with van der Waals surface area (Å²) in [5.74, 6) is -0.189. The van der Waals surface area contributed by atoms with Gasteiger partial charge in [0, 0.05) is 38.4 Å². The molecule has 2 aliphatic rings. The fourth-order valence-electron chi connectivity index (χ4n) is 5.05. The number of benzene rings is 2. The number of halogens is 1. The van der Waals surface area contributed by atoms with Crippen molar-refractivity contribution >= 4 is 46.3 Å². The van der Waals surface area contributed by atoms with Gasteiger partial charge in [0.25, 0.3) is 5.91 Å². The van der Waals surface area contributed by atoms with E-state index in [1.165, 1.54) is 48.2 Å². The number of likely N-dealkylation sites (N-methyl/N-ethyl adjacent to an activating group) is 1. The molecule has 2 fully saturated rings. The molecule has 1 atom stereocenters. The second-order valence-corrected chi connectivity index (χ2v) is 10.5. The highest BCUT2D eigenvalue weighted by atomic mass is 32.1. The highest BCUT2D eigenvalue weighted by molar-refractivity contribution is 7.80. The van der Waals surface area contributed by atoms with Crippen LogP contribution >= 0.6 is 12.2 Å². The molecule has 0 saturated carbocycles. The number of nitrogens with zero attached hydrogens (tertiary/aromatic N) is 5. The number of amides is 2. The molecule has 5 rings (SSSR count). The van der Waals surface area contributed by atoms with Crippen LogP contribution < -0.4 is 19.9 Å². The van der Waals surface area contributed by atoms with E-state index in [1.807, 2.05) is 0 Å². The zero-order valence-corrected chi connectivity index (χ0v) is 23.9. The van der Waals surface area contributed by atoms with Gasteiger partial charge in [-0.1, -0.05) is 12.1 Å². The van der Waals surface area contributed by atoms with E-state index in [-0.39, 0.29) is 23.3 Å². The van der Waals surface area contributed by atoms with Crippen LogP contribution in [0, 0.1) is 5.82 Å². The minimum atomic E-state index is -0.810. The predicted molar refractivity (Wildman–Crippen MR) is 161 cm³/mol. The van der Waals surface area contributed by atoms with Crippen molar-refractivity contribution in [1.29, 1.82) is 0 Å². The lowest BCUT2D eigenvalue weighted by molar-refractivity contribution is -0.124. The lowest BCUT2D eigenvalue weighted by Crippen LogP contribution is -2.44. The van der Waals surface area contributed by atoms with Crippen LogP contribution in [0.4, 0.5) is 21.6 Å². The van der Waals surface area contributed by atoms with E-state index < -0.39 is 11.9 Å². The summed E-state index contributed by atoms with van der Waals surface area (Å²) in [5.41, 5.74) is 2.75. The Labute approximate surface area is 244 Å². The molecule has 2 amide bonds. The van der Waals surface area contributed by atoms with Crippen LogP contribution in [0.5, 0.6) is 5.75 Å². The molecule has 3 aromatic rings. The van der Waals surface area contributed by atoms with Gasteiger partial charge in [-0.05, 0) is 79.8 Å². The molecular formula is C30H33FN6O3S. The maximum Gasteiger partial charge on any atom is 0.256 e. The van der Waals surface area contributed by atoms with E-state index in [0.29, 0.717) is 30.2 Å². The first kappa shape index (κ1) is 28.4. The van der Waals surface area contributed by atoms with E-state index >= 15 is 0 Å². The molecular weight excluding hydrogens is 543 g/mol. The van der Waals surface area contributed by atoms with Crippen LogP contribution in [-0.4, -0.2) is 84.6 Å². The second-order valence-electron chi connectivity index (χ2n) is 10.2. The smallest absolute Gasteiger partial charge is 0.256 e. The zero-order chi connectivity index (χ0) is 28.9. The summed E-state index contributed by atoms with van der Waals surface area (Å²) < 4.78 is 18.7. The Bertz CT molecular complexity index is 1380. The Hall–Kier alpha value is -4.09. The minimum Gasteiger partial charge on any atom is -0.495 e. The first-order valence-corrected chi connectivity index (χ1v) is 14.0. The standard InChI is InChI=1S/C30H33FN6O3S/c1-34-15-17-35(18-16-34)23-7-3-21(4-8-23)13-14-36-26(19-28(38)33-27-12-11-25(40-2)20-32-27)29(39)37(30(36)41)24-9-5-22(31)6-10-24/h3-12,20,26H,13-19H2,1-2H3,(H,32,33,38). The lowest BCUT2D eigenvalue weighted by atomic mass is 10.1. The first-order chi connectivity index (χ1) is 19.8. The number of hydrogen-bond donors (Lipinski definition) is 1. The number of hydrogen-bond acceptors (Lipinski definition) is 7. The number of anilines is 3. The number of aromatic nitrogens is 1. The molecule has 0 bridgehead atoms. The molecule has 1 unspecified atom stereocenters. The normalized spacial score (nSPS) is 17.7. The van der Waals surface area contributed by atoms with Gasteiger partial charge in [-0.3, -0.25) is 14.5 Å². The van der Waals surface area contributed by atoms with E-state index in [2.05, 4.69) is 51.4 Å². The molecule has 11 heteroatoms. The largest absolute Gasteiger partial charge is 0.495 e. The number of carbonyl (C=O) groups is 2. The van der Waals surface area contributed by atoms with Crippen molar-refractivity contribution in [3.63, 3.8) is 0 Å². The zero-order valence-electron chi connectivity index (χ0n) is 23.1. The highest BCUT2D eigenvalue weighted by Crippen LogP contribution is 2.28. The van der Waals surface area contributed by atoms with Crippen LogP contribution in [0.25, 0.3) is 0 Å². The maximum atomic E-state index is 13.6. The van der Waals surface area contributed by atoms with Gasteiger partial charge in [-0.15, -0.1) is 0 Å². The lowest BCUT2D eigenvalue weighted by Gasteiger charge is -2.34. The van der Waals surface area contributed by atoms with Crippen LogP contribution in [-0.2, 0) is 16.0 Å². The molecule has 2 aliphatic heterocycles. The Morgan fingerprint density at radius 3 is 2.34 bits per heavy atom. The minimum absolute atomic E-state index is 0.118. The van der Waals surface area contributed by atoms with Gasteiger partial charge in [0.1, 0.15) is 23.4 Å². The van der Waals surface area contributed by atoms with Crippen LogP contribution in [0.15, 0.2) is 66.9 Å². The molecule has 214 valence electrons. The van der Waals surface area contributed by atoms with Gasteiger partial charge < -0.3 is 24.8 Å². The Morgan fingerprint density at radius 1 is 1.02 bits per heavy atom. The quantitative estimate of drug-likeness (QED) is 0.388. The van der Waals surface area contributed by atoms with Gasteiger partial charge in [0.2, 0.25) is 5.91 Å². The van der Waals surface area contributed by atoms with E-state index in [9.17, 15) is 14.0 Å². The monoisotopic (exact) mass is 576 g/mol. The van der Waals surface area contributed by atoms with Crippen molar-refractivity contribution in [1.82, 2.24) is 14.8 Å². The summed E-state index contributed by atoms with van der Waals surface area (Å²) in [6.45, 7) is 4.51. The van der Waals surface area contributed by atoms with Gasteiger partial charge in [-0.25, -0.2) is 9.37 Å². The van der Waals surface area contributed by atoms with Crippen LogP contribution in [0.3, 0.4) is 0 Å². The van der Waals surface area contributed by atoms with E-state index in [0.717, 1.165) is 31.7 Å². The van der Waals surface area contributed by atoms with Crippen molar-refractivity contribution in [2.24, 2.45) is 0 Å². The number of thiocarbonyl (C=S) groups is 1. The summed E-state index contributed by atoms with van der Waals surface area (Å²) in [5, 5.41) is 3.04. The van der Waals surface area contributed by atoms with Gasteiger partial charge in [0.15, 0.2) is 5.11 Å². The molecule has 9 nitrogen and oxygen atoms in total. The van der Waals surface area contributed by atoms with Crippen LogP contribution in [0.2, 0.25) is 0 Å². The Morgan fingerprint density at radius 2 is 1.71 bits per heavy atom. The third kappa shape index (κ3) is 6.63. The molecule has 3 heterocycles. The molecule has 1 N–H and O–H groups in total. The molecule has 1 aromatic heterocycles. The molecule has 2 saturated heterocycles. The summed E-state index contributed by atoms with van der Waals surface area (Å²) >= 11 is 5.74. The average molecular weight is 577 g/mol. The summed E-state index contributed by atoms with van der Waals surface area (Å²) in [7, 11) is 3.67. The number of ether oxygens (including phenoxy) is 1. The number of piperazine rings is 1. The van der Waals surface area contributed by atoms with Crippen molar-refractivity contribution in [3.8, 4) is 5.75 Å². The Balaban J connectivity index is 1.30. The van der Waals surface area contributed by atoms with E-state index in [1.54, 1.807) is 17.0 Å². The summed E-state index contributed by atoms with van der Waals surface area (Å²) in [6, 6.07) is 16.6. The highest BCUT2D eigenvalue weighted by Gasteiger charge is 2.44. The van der Waals surface area contributed by atoms with Crippen molar-refractivity contribution in [2.75, 3.05) is 62.0 Å². The molecule has 41 heavy (non-hydrogen) atoms. The number of pyridine rings is 1. The van der Waals surface area contributed by atoms with Gasteiger partial charge >= 0.3 is 0 Å². The predicted octanol–water partition coefficient (Wildman–Crippen LogP) is 3.55. The van der Waals surface area contributed by atoms with Crippen molar-refractivity contribution < 1.29 is 18.7 Å². The second kappa shape index (κ2) is 12.6. The number of carbonyl (C=O) groups excluding carboxylic acids is 2. The van der Waals surface area contributed by atoms with Crippen LogP contribution in [0.1, 0.15) is 12.0 Å². The van der Waals surface area contributed by atoms with Crippen molar-refractivity contribution in [3.05, 3.63) is 78.2 Å². The summed E-state index contributed by atoms with van der Waals surface area (Å²) in [4.78, 5) is 38.7. The van der Waals surface area contributed by atoms with E-state index in [4.69, 9.17) is 17.0 Å². The number of nitrogens with one attached hydrogen (secondary N) is 1. The molecule has 2 aromatic carbocycles. The molecule has 0 spiro atoms. The van der Waals surface area contributed by atoms with Crippen molar-refractivity contribution in [2.45, 2.75) is 18.9 Å². The van der Waals surface area contributed by atoms with Gasteiger partial charge in [-0.2, -0.15) is 0 Å². The molecule has 0 radical (unpaired) electrons. The molecule has 0 aliphatic carbocycles. The Kier molecular flexibility index (Phi) is 8.75. The summed E-state index contributed by atoms with van der Waals surface area (Å²) in [6.07, 6.45) is 2.02. The fourth-order valence-corrected chi connectivity index (χ4v) is 5.46. The third-order valence-corrected chi connectivity index (χ3v) is 7.88. The number of methoxy groups -OCH3 is 1. The fraction of sp³-hybridized carbons (Fsp3) is 0.333. The van der Waals surface area contributed by atoms with Gasteiger partial charge in [0.05, 0.1) is 25.4 Å². The number of rotatable bonds is 9. The SMILES string of the molecule is COc1ccc(NC(=O)CC2C(=O)N(c3ccc(F)cc3)C(=S)N2CCc2ccc(N3CCN(C)CC3)cc2)nc1.